The fraction of sp³-hybridized carbons (Fsp3) is 0.923. The number of unbranched alkanes of at least 4 members (excludes halogenated alkanes) is 1. The number of carbonyl (C=O) groups excluding carboxylic acids is 1. The van der Waals surface area contributed by atoms with Gasteiger partial charge < -0.3 is 25.5 Å². The van der Waals surface area contributed by atoms with Crippen LogP contribution in [0.15, 0.2) is 0 Å². The van der Waals surface area contributed by atoms with Crippen LogP contribution in [0.2, 0.25) is 0 Å². The van der Waals surface area contributed by atoms with E-state index in [9.17, 15) is 42.1 Å². The number of aliphatic hydroxyl groups excluding tert-OH is 4. The highest BCUT2D eigenvalue weighted by molar-refractivity contribution is 7.86. The number of rotatable bonds is 14. The molecule has 0 aromatic rings. The molecule has 0 aromatic heterocycles. The fourth-order valence-corrected chi connectivity index (χ4v) is 3.44. The van der Waals surface area contributed by atoms with Crippen molar-refractivity contribution < 1.29 is 56.3 Å². The van der Waals surface area contributed by atoms with E-state index in [2.05, 4.69) is 0 Å². The van der Waals surface area contributed by atoms with Crippen LogP contribution in [0.4, 0.5) is 0 Å². The molecule has 0 aromatic carbocycles. The van der Waals surface area contributed by atoms with Crippen molar-refractivity contribution in [2.75, 3.05) is 18.1 Å². The third-order valence-corrected chi connectivity index (χ3v) is 5.50. The van der Waals surface area contributed by atoms with Crippen molar-refractivity contribution >= 4 is 26.0 Å². The first-order chi connectivity index (χ1) is 12.1. The molecular formula is C13H26O12S2. The number of hydrogen-bond acceptors (Lipinski definition) is 10. The van der Waals surface area contributed by atoms with Crippen molar-refractivity contribution in [1.29, 1.82) is 0 Å². The summed E-state index contributed by atoms with van der Waals surface area (Å²) in [7, 11) is -8.68. The Morgan fingerprint density at radius 2 is 1.37 bits per heavy atom. The largest absolute Gasteiger partial charge is 0.394 e. The van der Waals surface area contributed by atoms with Crippen LogP contribution in [0.1, 0.15) is 32.1 Å². The molecule has 0 unspecified atom stereocenters. The summed E-state index contributed by atoms with van der Waals surface area (Å²) in [6, 6.07) is 0. The van der Waals surface area contributed by atoms with E-state index in [0.29, 0.717) is 0 Å². The molecule has 0 amide bonds. The second-order valence-corrected chi connectivity index (χ2v) is 9.31. The first-order valence-corrected chi connectivity index (χ1v) is 11.2. The van der Waals surface area contributed by atoms with Gasteiger partial charge in [-0.2, -0.15) is 16.8 Å². The van der Waals surface area contributed by atoms with Crippen LogP contribution in [0, 0.1) is 0 Å². The van der Waals surface area contributed by atoms with Crippen molar-refractivity contribution in [3.05, 3.63) is 0 Å². The molecule has 12 nitrogen and oxygen atoms in total. The van der Waals surface area contributed by atoms with E-state index in [1.165, 1.54) is 0 Å². The number of hydrogen-bond donors (Lipinski definition) is 7. The Bertz CT molecular complexity index is 673. The van der Waals surface area contributed by atoms with Gasteiger partial charge in [0.25, 0.3) is 20.2 Å². The van der Waals surface area contributed by atoms with Crippen molar-refractivity contribution in [1.82, 2.24) is 0 Å². The van der Waals surface area contributed by atoms with E-state index in [0.717, 1.165) is 0 Å². The molecule has 0 radical (unpaired) electrons. The summed E-state index contributed by atoms with van der Waals surface area (Å²) in [6.07, 6.45) is -8.29. The van der Waals surface area contributed by atoms with E-state index in [1.54, 1.807) is 0 Å². The van der Waals surface area contributed by atoms with Crippen molar-refractivity contribution in [3.8, 4) is 0 Å². The minimum absolute atomic E-state index is 0.120. The molecule has 162 valence electrons. The number of ketones is 1. The minimum Gasteiger partial charge on any atom is -0.394 e. The molecule has 0 saturated carbocycles. The maximum absolute atomic E-state index is 12.3. The predicted octanol–water partition coefficient (Wildman–Crippen LogP) is -2.91. The minimum atomic E-state index is -4.43. The van der Waals surface area contributed by atoms with Crippen LogP contribution in [0.3, 0.4) is 0 Å². The Morgan fingerprint density at radius 3 is 1.81 bits per heavy atom. The maximum Gasteiger partial charge on any atom is 0.264 e. The first kappa shape index (κ1) is 26.3. The third-order valence-electron chi connectivity index (χ3n) is 3.89. The van der Waals surface area contributed by atoms with Crippen LogP contribution in [0.25, 0.3) is 0 Å². The quantitative estimate of drug-likeness (QED) is 0.107. The van der Waals surface area contributed by atoms with Crippen molar-refractivity contribution in [2.45, 2.75) is 56.0 Å². The number of aliphatic hydroxyl groups is 5. The van der Waals surface area contributed by atoms with Gasteiger partial charge in [-0.05, 0) is 25.7 Å². The van der Waals surface area contributed by atoms with Crippen LogP contribution < -0.4 is 0 Å². The zero-order valence-corrected chi connectivity index (χ0v) is 16.0. The van der Waals surface area contributed by atoms with E-state index in [1.807, 2.05) is 0 Å². The average Bonchev–Trinajstić information content (AvgIpc) is 2.53. The molecule has 0 heterocycles. The highest BCUT2D eigenvalue weighted by atomic mass is 32.2. The fourth-order valence-electron chi connectivity index (χ4n) is 2.36. The number of carbonyl (C=O) groups is 1. The van der Waals surface area contributed by atoms with Gasteiger partial charge in [0.15, 0.2) is 11.4 Å². The molecule has 0 aliphatic rings. The molecule has 0 fully saturated rings. The number of Topliss-reactive ketones (excluding diaryl/α,β-unsaturated/α-hetero) is 1. The molecule has 0 rings (SSSR count). The van der Waals surface area contributed by atoms with Crippen LogP contribution in [-0.2, 0) is 25.0 Å². The summed E-state index contributed by atoms with van der Waals surface area (Å²) >= 11 is 0. The summed E-state index contributed by atoms with van der Waals surface area (Å²) < 4.78 is 60.1. The van der Waals surface area contributed by atoms with Crippen molar-refractivity contribution in [2.24, 2.45) is 0 Å². The molecule has 7 N–H and O–H groups in total. The molecule has 0 saturated heterocycles. The lowest BCUT2D eigenvalue weighted by atomic mass is 9.81. The Kier molecular flexibility index (Phi) is 10.4. The molecular weight excluding hydrogens is 412 g/mol. The standard InChI is InChI=1S/C13H26O12S2/c14-8-9(15)11(17)12(18)13(19,5-3-7-27(23,24)25)10(16)4-1-2-6-26(20,21)22/h9,11-12,14-15,17-19H,1-8H2,(H,20,21,22)(H,23,24,25)/t9-,11-,12+,13+/m1/s1. The first-order valence-electron chi connectivity index (χ1n) is 7.95. The third kappa shape index (κ3) is 9.87. The molecule has 0 bridgehead atoms. The predicted molar refractivity (Wildman–Crippen MR) is 91.0 cm³/mol. The van der Waals surface area contributed by atoms with Gasteiger partial charge >= 0.3 is 0 Å². The average molecular weight is 438 g/mol. The zero-order valence-electron chi connectivity index (χ0n) is 14.4. The topological polar surface area (TPSA) is 227 Å². The highest BCUT2D eigenvalue weighted by Gasteiger charge is 2.47. The molecule has 14 heteroatoms. The summed E-state index contributed by atoms with van der Waals surface area (Å²) in [5, 5.41) is 48.6. The van der Waals surface area contributed by atoms with Gasteiger partial charge in [0.1, 0.15) is 18.3 Å². The van der Waals surface area contributed by atoms with Gasteiger partial charge in [-0.15, -0.1) is 0 Å². The Balaban J connectivity index is 5.22. The van der Waals surface area contributed by atoms with Gasteiger partial charge in [-0.25, -0.2) is 0 Å². The summed E-state index contributed by atoms with van der Waals surface area (Å²) in [5.41, 5.74) is -2.72. The summed E-state index contributed by atoms with van der Waals surface area (Å²) in [6.45, 7) is -0.998. The lowest BCUT2D eigenvalue weighted by molar-refractivity contribution is -0.176. The highest BCUT2D eigenvalue weighted by Crippen LogP contribution is 2.26. The normalized spacial score (nSPS) is 18.5. The van der Waals surface area contributed by atoms with E-state index >= 15 is 0 Å². The SMILES string of the molecule is O=C(CCCCS(=O)(=O)O)[C@@](O)(CCCS(=O)(=O)O)[C@@H](O)[C@H](O)[C@H](O)CO. The summed E-state index contributed by atoms with van der Waals surface area (Å²) in [5.74, 6) is -2.57. The second-order valence-electron chi connectivity index (χ2n) is 6.17. The van der Waals surface area contributed by atoms with Crippen molar-refractivity contribution in [3.63, 3.8) is 0 Å². The van der Waals surface area contributed by atoms with E-state index in [4.69, 9.17) is 14.2 Å². The van der Waals surface area contributed by atoms with Gasteiger partial charge in [0, 0.05) is 6.42 Å². The Hall–Kier alpha value is -0.710. The van der Waals surface area contributed by atoms with Crippen LogP contribution in [0.5, 0.6) is 0 Å². The van der Waals surface area contributed by atoms with E-state index in [-0.39, 0.29) is 12.8 Å². The molecule has 0 spiro atoms. The Morgan fingerprint density at radius 1 is 0.889 bits per heavy atom. The van der Waals surface area contributed by atoms with Gasteiger partial charge in [-0.1, -0.05) is 0 Å². The summed E-state index contributed by atoms with van der Waals surface area (Å²) in [4.78, 5) is 12.3. The molecule has 27 heavy (non-hydrogen) atoms. The van der Waals surface area contributed by atoms with Crippen LogP contribution in [-0.4, -0.2) is 99.3 Å². The van der Waals surface area contributed by atoms with Gasteiger partial charge in [0.2, 0.25) is 0 Å². The maximum atomic E-state index is 12.3. The van der Waals surface area contributed by atoms with Crippen LogP contribution >= 0.6 is 0 Å². The smallest absolute Gasteiger partial charge is 0.264 e. The Labute approximate surface area is 157 Å². The van der Waals surface area contributed by atoms with E-state index < -0.39 is 87.3 Å². The van der Waals surface area contributed by atoms with Gasteiger partial charge in [-0.3, -0.25) is 13.9 Å². The lowest BCUT2D eigenvalue weighted by Crippen LogP contribution is -2.58. The zero-order chi connectivity index (χ0) is 21.5. The monoisotopic (exact) mass is 438 g/mol. The van der Waals surface area contributed by atoms with Gasteiger partial charge in [0.05, 0.1) is 18.1 Å². The molecule has 0 aliphatic heterocycles. The second kappa shape index (κ2) is 10.7. The molecule has 4 atom stereocenters. The molecule has 0 aliphatic carbocycles. The lowest BCUT2D eigenvalue weighted by Gasteiger charge is -2.35.